The minimum Gasteiger partial charge on any atom is -0.507 e. The van der Waals surface area contributed by atoms with E-state index < -0.39 is 0 Å². The van der Waals surface area contributed by atoms with Crippen molar-refractivity contribution in [2.75, 3.05) is 6.61 Å². The van der Waals surface area contributed by atoms with E-state index in [1.807, 2.05) is 13.8 Å². The van der Waals surface area contributed by atoms with Crippen LogP contribution in [0.15, 0.2) is 11.4 Å². The van der Waals surface area contributed by atoms with Crippen LogP contribution in [0.2, 0.25) is 0 Å². The lowest BCUT2D eigenvalue weighted by Gasteiger charge is -2.04. The maximum absolute atomic E-state index is 11.2. The Morgan fingerprint density at radius 3 is 2.85 bits per heavy atom. The van der Waals surface area contributed by atoms with Crippen LogP contribution < -0.4 is 0 Å². The van der Waals surface area contributed by atoms with Crippen LogP contribution >= 0.6 is 11.3 Å². The van der Waals surface area contributed by atoms with Crippen molar-refractivity contribution in [3.8, 4) is 5.75 Å². The predicted octanol–water partition coefficient (Wildman–Crippen LogP) is 2.27. The number of aromatic hydroxyl groups is 1. The summed E-state index contributed by atoms with van der Waals surface area (Å²) >= 11 is 1.18. The molecular formula is C9H12O3S. The molecule has 0 aliphatic rings. The Morgan fingerprint density at radius 2 is 2.38 bits per heavy atom. The van der Waals surface area contributed by atoms with E-state index in [1.165, 1.54) is 22.8 Å². The van der Waals surface area contributed by atoms with Gasteiger partial charge in [-0.2, -0.15) is 0 Å². The normalized spacial score (nSPS) is 10.4. The second-order valence-corrected chi connectivity index (χ2v) is 4.07. The molecule has 0 aliphatic heterocycles. The molecule has 1 N–H and O–H groups in total. The van der Waals surface area contributed by atoms with Gasteiger partial charge in [0.25, 0.3) is 0 Å². The third kappa shape index (κ3) is 3.06. The summed E-state index contributed by atoms with van der Waals surface area (Å²) in [5.74, 6) is 0.0815. The highest BCUT2D eigenvalue weighted by atomic mass is 32.1. The summed E-state index contributed by atoms with van der Waals surface area (Å²) in [5, 5.41) is 10.5. The zero-order valence-corrected chi connectivity index (χ0v) is 8.43. The van der Waals surface area contributed by atoms with Crippen LogP contribution in [-0.4, -0.2) is 17.7 Å². The van der Waals surface area contributed by atoms with Gasteiger partial charge in [0, 0.05) is 11.4 Å². The molecule has 0 fully saturated rings. The molecule has 0 saturated carbocycles. The van der Waals surface area contributed by atoms with Gasteiger partial charge < -0.3 is 9.84 Å². The highest BCUT2D eigenvalue weighted by molar-refractivity contribution is 7.12. The summed E-state index contributed by atoms with van der Waals surface area (Å²) in [6.45, 7) is 4.36. The van der Waals surface area contributed by atoms with Gasteiger partial charge in [-0.3, -0.25) is 0 Å². The van der Waals surface area contributed by atoms with Gasteiger partial charge in [0.1, 0.15) is 10.6 Å². The molecule has 0 unspecified atom stereocenters. The second kappa shape index (κ2) is 4.28. The van der Waals surface area contributed by atoms with E-state index in [1.54, 1.807) is 0 Å². The Balaban J connectivity index is 2.49. The molecule has 0 bridgehead atoms. The number of carbonyl (C=O) groups is 1. The second-order valence-electron chi connectivity index (χ2n) is 3.16. The fourth-order valence-electron chi connectivity index (χ4n) is 0.747. The molecule has 1 aromatic heterocycles. The SMILES string of the molecule is CC(C)COC(=O)c1cc(O)cs1. The highest BCUT2D eigenvalue weighted by Gasteiger charge is 2.10. The number of hydrogen-bond acceptors (Lipinski definition) is 4. The third-order valence-electron chi connectivity index (χ3n) is 1.33. The number of carbonyl (C=O) groups excluding carboxylic acids is 1. The molecule has 72 valence electrons. The first-order chi connectivity index (χ1) is 6.09. The Labute approximate surface area is 81.0 Å². The Morgan fingerprint density at radius 1 is 1.69 bits per heavy atom. The predicted molar refractivity (Wildman–Crippen MR) is 51.1 cm³/mol. The minimum atomic E-state index is -0.362. The number of thiophene rings is 1. The van der Waals surface area contributed by atoms with E-state index in [4.69, 9.17) is 9.84 Å². The smallest absolute Gasteiger partial charge is 0.348 e. The van der Waals surface area contributed by atoms with E-state index in [0.29, 0.717) is 17.4 Å². The highest BCUT2D eigenvalue weighted by Crippen LogP contribution is 2.20. The monoisotopic (exact) mass is 200 g/mol. The van der Waals surface area contributed by atoms with Crippen molar-refractivity contribution in [1.82, 2.24) is 0 Å². The van der Waals surface area contributed by atoms with Crippen LogP contribution in [0.25, 0.3) is 0 Å². The topological polar surface area (TPSA) is 46.5 Å². The van der Waals surface area contributed by atoms with Gasteiger partial charge in [0.2, 0.25) is 0 Å². The van der Waals surface area contributed by atoms with Crippen LogP contribution in [0.3, 0.4) is 0 Å². The summed E-state index contributed by atoms with van der Waals surface area (Å²) in [6, 6.07) is 1.41. The van der Waals surface area contributed by atoms with Crippen LogP contribution in [0, 0.1) is 5.92 Å². The van der Waals surface area contributed by atoms with E-state index >= 15 is 0 Å². The molecule has 1 aromatic rings. The van der Waals surface area contributed by atoms with Crippen LogP contribution in [0.1, 0.15) is 23.5 Å². The Kier molecular flexibility index (Phi) is 3.31. The number of ether oxygens (including phenoxy) is 1. The number of esters is 1. The Bertz CT molecular complexity index is 291. The molecule has 4 heteroatoms. The molecule has 0 aromatic carbocycles. The van der Waals surface area contributed by atoms with Gasteiger partial charge in [0.15, 0.2) is 0 Å². The van der Waals surface area contributed by atoms with Crippen molar-refractivity contribution in [3.63, 3.8) is 0 Å². The molecule has 0 amide bonds. The first-order valence-corrected chi connectivity index (χ1v) is 4.92. The fraction of sp³-hybridized carbons (Fsp3) is 0.444. The lowest BCUT2D eigenvalue weighted by molar-refractivity contribution is 0.0464. The summed E-state index contributed by atoms with van der Waals surface area (Å²) in [6.07, 6.45) is 0. The first kappa shape index (κ1) is 10.1. The molecule has 0 radical (unpaired) electrons. The van der Waals surface area contributed by atoms with Crippen LogP contribution in [0.4, 0.5) is 0 Å². The summed E-state index contributed by atoms with van der Waals surface area (Å²) in [4.78, 5) is 11.7. The molecule has 0 spiro atoms. The van der Waals surface area contributed by atoms with Crippen molar-refractivity contribution in [2.45, 2.75) is 13.8 Å². The average Bonchev–Trinajstić information content (AvgIpc) is 2.47. The van der Waals surface area contributed by atoms with Gasteiger partial charge >= 0.3 is 5.97 Å². The molecule has 1 rings (SSSR count). The van der Waals surface area contributed by atoms with Gasteiger partial charge in [-0.25, -0.2) is 4.79 Å². The van der Waals surface area contributed by atoms with E-state index in [9.17, 15) is 4.79 Å². The fourth-order valence-corrected chi connectivity index (χ4v) is 1.41. The van der Waals surface area contributed by atoms with Gasteiger partial charge in [-0.15, -0.1) is 11.3 Å². The summed E-state index contributed by atoms with van der Waals surface area (Å²) in [7, 11) is 0. The lowest BCUT2D eigenvalue weighted by atomic mass is 10.2. The van der Waals surface area contributed by atoms with Crippen molar-refractivity contribution in [1.29, 1.82) is 0 Å². The zero-order valence-electron chi connectivity index (χ0n) is 7.61. The van der Waals surface area contributed by atoms with Crippen molar-refractivity contribution >= 4 is 17.3 Å². The molecule has 0 aliphatic carbocycles. The first-order valence-electron chi connectivity index (χ1n) is 4.04. The molecule has 0 saturated heterocycles. The largest absolute Gasteiger partial charge is 0.507 e. The van der Waals surface area contributed by atoms with Crippen LogP contribution in [-0.2, 0) is 4.74 Å². The van der Waals surface area contributed by atoms with Crippen molar-refractivity contribution in [2.24, 2.45) is 5.92 Å². The molecule has 0 atom stereocenters. The molecular weight excluding hydrogens is 188 g/mol. The van der Waals surface area contributed by atoms with Gasteiger partial charge in [-0.05, 0) is 5.92 Å². The standard InChI is InChI=1S/C9H12O3S/c1-6(2)4-12-9(11)8-3-7(10)5-13-8/h3,5-6,10H,4H2,1-2H3. The zero-order chi connectivity index (χ0) is 9.84. The maximum atomic E-state index is 11.2. The Hall–Kier alpha value is -1.03. The average molecular weight is 200 g/mol. The lowest BCUT2D eigenvalue weighted by Crippen LogP contribution is -2.08. The summed E-state index contributed by atoms with van der Waals surface area (Å²) in [5.41, 5.74) is 0. The summed E-state index contributed by atoms with van der Waals surface area (Å²) < 4.78 is 4.96. The van der Waals surface area contributed by atoms with Crippen molar-refractivity contribution in [3.05, 3.63) is 16.3 Å². The number of hydrogen-bond donors (Lipinski definition) is 1. The van der Waals surface area contributed by atoms with E-state index in [-0.39, 0.29) is 11.7 Å². The van der Waals surface area contributed by atoms with Crippen LogP contribution in [0.5, 0.6) is 5.75 Å². The molecule has 13 heavy (non-hydrogen) atoms. The quantitative estimate of drug-likeness (QED) is 0.761. The maximum Gasteiger partial charge on any atom is 0.348 e. The molecule has 3 nitrogen and oxygen atoms in total. The third-order valence-corrected chi connectivity index (χ3v) is 2.23. The molecule has 1 heterocycles. The van der Waals surface area contributed by atoms with E-state index in [2.05, 4.69) is 0 Å². The van der Waals surface area contributed by atoms with Gasteiger partial charge in [-0.1, -0.05) is 13.8 Å². The minimum absolute atomic E-state index is 0.112. The van der Waals surface area contributed by atoms with Crippen molar-refractivity contribution < 1.29 is 14.6 Å². The van der Waals surface area contributed by atoms with Gasteiger partial charge in [0.05, 0.1) is 6.61 Å². The number of rotatable bonds is 3. The van der Waals surface area contributed by atoms with E-state index in [0.717, 1.165) is 0 Å².